The van der Waals surface area contributed by atoms with Gasteiger partial charge in [-0.2, -0.15) is 0 Å². The largest absolute Gasteiger partial charge is 0.480 e. The highest BCUT2D eigenvalue weighted by Gasteiger charge is 2.16. The molecule has 1 fully saturated rings. The number of carbonyl (C=O) groups is 1. The van der Waals surface area contributed by atoms with E-state index in [9.17, 15) is 4.79 Å². The molecule has 1 heterocycles. The summed E-state index contributed by atoms with van der Waals surface area (Å²) in [6.07, 6.45) is 1.04. The molecule has 0 amide bonds. The van der Waals surface area contributed by atoms with Gasteiger partial charge in [0.15, 0.2) is 0 Å². The number of carboxylic acid groups (broad SMARTS) is 1. The SMILES string of the molecule is Cc1cc(C)cc(CN2CCCN(CC(=O)O)CC2)c1. The van der Waals surface area contributed by atoms with Crippen molar-refractivity contribution in [3.05, 3.63) is 34.9 Å². The highest BCUT2D eigenvalue weighted by Crippen LogP contribution is 2.13. The fraction of sp³-hybridized carbons (Fsp3) is 0.562. The van der Waals surface area contributed by atoms with Crippen molar-refractivity contribution in [2.45, 2.75) is 26.8 Å². The lowest BCUT2D eigenvalue weighted by Gasteiger charge is -2.21. The van der Waals surface area contributed by atoms with E-state index in [1.165, 1.54) is 16.7 Å². The van der Waals surface area contributed by atoms with Crippen LogP contribution in [0.3, 0.4) is 0 Å². The number of hydrogen-bond acceptors (Lipinski definition) is 3. The highest BCUT2D eigenvalue weighted by molar-refractivity contribution is 5.69. The van der Waals surface area contributed by atoms with Crippen LogP contribution in [0.25, 0.3) is 0 Å². The van der Waals surface area contributed by atoms with Crippen molar-refractivity contribution < 1.29 is 9.90 Å². The van der Waals surface area contributed by atoms with Crippen LogP contribution in [0.2, 0.25) is 0 Å². The van der Waals surface area contributed by atoms with Crippen LogP contribution in [-0.2, 0) is 11.3 Å². The number of benzene rings is 1. The van der Waals surface area contributed by atoms with Gasteiger partial charge in [0.05, 0.1) is 6.54 Å². The van der Waals surface area contributed by atoms with E-state index in [0.29, 0.717) is 0 Å². The summed E-state index contributed by atoms with van der Waals surface area (Å²) in [6.45, 7) is 9.11. The van der Waals surface area contributed by atoms with Gasteiger partial charge in [0.1, 0.15) is 0 Å². The molecule has 20 heavy (non-hydrogen) atoms. The summed E-state index contributed by atoms with van der Waals surface area (Å²) in [5.74, 6) is -0.729. The van der Waals surface area contributed by atoms with Crippen molar-refractivity contribution in [2.75, 3.05) is 32.7 Å². The minimum atomic E-state index is -0.729. The first-order chi connectivity index (χ1) is 9.52. The van der Waals surface area contributed by atoms with Crippen molar-refractivity contribution in [1.29, 1.82) is 0 Å². The molecule has 0 aliphatic carbocycles. The lowest BCUT2D eigenvalue weighted by atomic mass is 10.1. The first kappa shape index (κ1) is 15.0. The molecule has 0 aromatic heterocycles. The van der Waals surface area contributed by atoms with Crippen LogP contribution in [0.5, 0.6) is 0 Å². The van der Waals surface area contributed by atoms with Crippen molar-refractivity contribution in [1.82, 2.24) is 9.80 Å². The van der Waals surface area contributed by atoms with Crippen LogP contribution in [0, 0.1) is 13.8 Å². The molecule has 2 rings (SSSR count). The number of nitrogens with zero attached hydrogens (tertiary/aromatic N) is 2. The summed E-state index contributed by atoms with van der Waals surface area (Å²) >= 11 is 0. The molecule has 0 atom stereocenters. The zero-order valence-corrected chi connectivity index (χ0v) is 12.4. The van der Waals surface area contributed by atoms with Gasteiger partial charge in [-0.15, -0.1) is 0 Å². The number of carboxylic acids is 1. The Labute approximate surface area is 121 Å². The lowest BCUT2D eigenvalue weighted by Crippen LogP contribution is -2.34. The van der Waals surface area contributed by atoms with Crippen LogP contribution in [-0.4, -0.2) is 53.6 Å². The van der Waals surface area contributed by atoms with Crippen molar-refractivity contribution in [2.24, 2.45) is 0 Å². The van der Waals surface area contributed by atoms with Crippen LogP contribution < -0.4 is 0 Å². The zero-order chi connectivity index (χ0) is 14.5. The average Bonchev–Trinajstić information content (AvgIpc) is 2.53. The normalized spacial score (nSPS) is 17.9. The van der Waals surface area contributed by atoms with Gasteiger partial charge in [0, 0.05) is 26.2 Å². The lowest BCUT2D eigenvalue weighted by molar-refractivity contribution is -0.138. The Balaban J connectivity index is 1.92. The van der Waals surface area contributed by atoms with E-state index >= 15 is 0 Å². The third kappa shape index (κ3) is 4.62. The smallest absolute Gasteiger partial charge is 0.317 e. The Morgan fingerprint density at radius 3 is 2.30 bits per heavy atom. The Morgan fingerprint density at radius 2 is 1.65 bits per heavy atom. The fourth-order valence-electron chi connectivity index (χ4n) is 2.95. The summed E-state index contributed by atoms with van der Waals surface area (Å²) < 4.78 is 0. The quantitative estimate of drug-likeness (QED) is 0.912. The molecule has 1 aliphatic heterocycles. The van der Waals surface area contributed by atoms with Crippen molar-refractivity contribution >= 4 is 5.97 Å². The molecule has 4 nitrogen and oxygen atoms in total. The van der Waals surface area contributed by atoms with Gasteiger partial charge < -0.3 is 5.11 Å². The minimum absolute atomic E-state index is 0.164. The molecule has 1 aromatic rings. The summed E-state index contributed by atoms with van der Waals surface area (Å²) in [5.41, 5.74) is 3.97. The third-order valence-electron chi connectivity index (χ3n) is 3.73. The van der Waals surface area contributed by atoms with Crippen LogP contribution >= 0.6 is 0 Å². The second-order valence-electron chi connectivity index (χ2n) is 5.80. The standard InChI is InChI=1S/C16H24N2O2/c1-13-8-14(2)10-15(9-13)11-17-4-3-5-18(7-6-17)12-16(19)20/h8-10H,3-7,11-12H2,1-2H3,(H,19,20). The molecule has 0 bridgehead atoms. The molecule has 4 heteroatoms. The fourth-order valence-corrected chi connectivity index (χ4v) is 2.95. The van der Waals surface area contributed by atoms with E-state index < -0.39 is 5.97 Å². The van der Waals surface area contributed by atoms with Crippen LogP contribution in [0.15, 0.2) is 18.2 Å². The van der Waals surface area contributed by atoms with Gasteiger partial charge in [-0.25, -0.2) is 0 Å². The first-order valence-electron chi connectivity index (χ1n) is 7.26. The van der Waals surface area contributed by atoms with E-state index in [1.807, 2.05) is 4.90 Å². The summed E-state index contributed by atoms with van der Waals surface area (Å²) in [7, 11) is 0. The Bertz CT molecular complexity index is 453. The predicted molar refractivity (Wildman–Crippen MR) is 79.9 cm³/mol. The molecule has 1 saturated heterocycles. The molecular formula is C16H24N2O2. The maximum absolute atomic E-state index is 10.8. The number of rotatable bonds is 4. The zero-order valence-electron chi connectivity index (χ0n) is 12.4. The molecule has 110 valence electrons. The summed E-state index contributed by atoms with van der Waals surface area (Å²) in [5, 5.41) is 8.86. The van der Waals surface area contributed by atoms with Gasteiger partial charge in [0.25, 0.3) is 0 Å². The average molecular weight is 276 g/mol. The maximum atomic E-state index is 10.8. The van der Waals surface area contributed by atoms with Crippen molar-refractivity contribution in [3.63, 3.8) is 0 Å². The van der Waals surface area contributed by atoms with E-state index in [0.717, 1.165) is 39.1 Å². The molecule has 0 radical (unpaired) electrons. The molecule has 0 spiro atoms. The summed E-state index contributed by atoms with van der Waals surface area (Å²) in [6, 6.07) is 6.68. The first-order valence-corrected chi connectivity index (χ1v) is 7.26. The van der Waals surface area contributed by atoms with Gasteiger partial charge in [-0.1, -0.05) is 29.3 Å². The third-order valence-corrected chi connectivity index (χ3v) is 3.73. The van der Waals surface area contributed by atoms with Gasteiger partial charge >= 0.3 is 5.97 Å². The van der Waals surface area contributed by atoms with E-state index in [2.05, 4.69) is 36.9 Å². The number of hydrogen-bond donors (Lipinski definition) is 1. The highest BCUT2D eigenvalue weighted by atomic mass is 16.4. The molecule has 1 N–H and O–H groups in total. The maximum Gasteiger partial charge on any atom is 0.317 e. The van der Waals surface area contributed by atoms with Gasteiger partial charge in [0.2, 0.25) is 0 Å². The van der Waals surface area contributed by atoms with Gasteiger partial charge in [-0.3, -0.25) is 14.6 Å². The van der Waals surface area contributed by atoms with E-state index in [4.69, 9.17) is 5.11 Å². The Morgan fingerprint density at radius 1 is 1.05 bits per heavy atom. The minimum Gasteiger partial charge on any atom is -0.480 e. The monoisotopic (exact) mass is 276 g/mol. The van der Waals surface area contributed by atoms with E-state index in [1.54, 1.807) is 0 Å². The molecular weight excluding hydrogens is 252 g/mol. The Kier molecular flexibility index (Phi) is 5.15. The molecule has 0 saturated carbocycles. The van der Waals surface area contributed by atoms with E-state index in [-0.39, 0.29) is 6.54 Å². The second kappa shape index (κ2) is 6.86. The molecule has 1 aliphatic rings. The van der Waals surface area contributed by atoms with Crippen LogP contribution in [0.1, 0.15) is 23.1 Å². The van der Waals surface area contributed by atoms with Crippen LogP contribution in [0.4, 0.5) is 0 Å². The molecule has 0 unspecified atom stereocenters. The molecule has 1 aromatic carbocycles. The van der Waals surface area contributed by atoms with Gasteiger partial charge in [-0.05, 0) is 32.4 Å². The number of aryl methyl sites for hydroxylation is 2. The second-order valence-corrected chi connectivity index (χ2v) is 5.80. The predicted octanol–water partition coefficient (Wildman–Crippen LogP) is 1.90. The summed E-state index contributed by atoms with van der Waals surface area (Å²) in [4.78, 5) is 15.2. The topological polar surface area (TPSA) is 43.8 Å². The Hall–Kier alpha value is -1.39. The van der Waals surface area contributed by atoms with Crippen molar-refractivity contribution in [3.8, 4) is 0 Å². The number of aliphatic carboxylic acids is 1.